The van der Waals surface area contributed by atoms with Crippen molar-refractivity contribution in [3.8, 4) is 0 Å². The standard InChI is InChI=1S/C19H20N2O5/c1-3-14-7-9-15(10-8-14)13(2)20-18(22)12-26-19(23)16-5-4-6-17(11-16)21(24)25/h4-11,13H,3,12H2,1-2H3,(H,20,22)/t13-/m1/s1. The van der Waals surface area contributed by atoms with Gasteiger partial charge in [-0.05, 0) is 30.5 Å². The van der Waals surface area contributed by atoms with Crippen LogP contribution in [0.2, 0.25) is 0 Å². The zero-order valence-corrected chi connectivity index (χ0v) is 14.6. The summed E-state index contributed by atoms with van der Waals surface area (Å²) >= 11 is 0. The van der Waals surface area contributed by atoms with Crippen molar-refractivity contribution in [2.75, 3.05) is 6.61 Å². The van der Waals surface area contributed by atoms with E-state index >= 15 is 0 Å². The Morgan fingerprint density at radius 3 is 2.50 bits per heavy atom. The molecule has 0 heterocycles. The largest absolute Gasteiger partial charge is 0.452 e. The van der Waals surface area contributed by atoms with Crippen molar-refractivity contribution in [1.29, 1.82) is 0 Å². The van der Waals surface area contributed by atoms with E-state index in [0.717, 1.165) is 18.1 Å². The maximum atomic E-state index is 12.0. The molecule has 0 aromatic heterocycles. The number of rotatable bonds is 7. The van der Waals surface area contributed by atoms with Crippen molar-refractivity contribution >= 4 is 17.6 Å². The minimum atomic E-state index is -0.788. The number of esters is 1. The summed E-state index contributed by atoms with van der Waals surface area (Å²) in [6.07, 6.45) is 0.939. The number of carbonyl (C=O) groups is 2. The van der Waals surface area contributed by atoms with Gasteiger partial charge in [-0.3, -0.25) is 14.9 Å². The van der Waals surface area contributed by atoms with E-state index in [4.69, 9.17) is 4.74 Å². The van der Waals surface area contributed by atoms with Crippen molar-refractivity contribution in [3.63, 3.8) is 0 Å². The number of nitrogens with zero attached hydrogens (tertiary/aromatic N) is 1. The molecule has 1 N–H and O–H groups in total. The first-order chi connectivity index (χ1) is 12.4. The van der Waals surface area contributed by atoms with Crippen LogP contribution in [0.5, 0.6) is 0 Å². The summed E-state index contributed by atoms with van der Waals surface area (Å²) in [5, 5.41) is 13.5. The fraction of sp³-hybridized carbons (Fsp3) is 0.263. The van der Waals surface area contributed by atoms with Crippen LogP contribution in [0, 0.1) is 10.1 Å². The molecular weight excluding hydrogens is 336 g/mol. The number of ether oxygens (including phenoxy) is 1. The third-order valence-electron chi connectivity index (χ3n) is 3.89. The van der Waals surface area contributed by atoms with Crippen molar-refractivity contribution in [1.82, 2.24) is 5.32 Å². The Morgan fingerprint density at radius 1 is 1.19 bits per heavy atom. The number of aryl methyl sites for hydroxylation is 1. The van der Waals surface area contributed by atoms with Crippen LogP contribution in [0.25, 0.3) is 0 Å². The Labute approximate surface area is 151 Å². The molecule has 0 aliphatic heterocycles. The van der Waals surface area contributed by atoms with Gasteiger partial charge in [0.2, 0.25) is 0 Å². The molecule has 2 aromatic rings. The number of nitrogens with one attached hydrogen (secondary N) is 1. The molecule has 136 valence electrons. The van der Waals surface area contributed by atoms with Crippen molar-refractivity contribution in [2.45, 2.75) is 26.3 Å². The van der Waals surface area contributed by atoms with Crippen LogP contribution < -0.4 is 5.32 Å². The molecule has 26 heavy (non-hydrogen) atoms. The Bertz CT molecular complexity index is 802. The molecule has 2 aromatic carbocycles. The van der Waals surface area contributed by atoms with E-state index in [9.17, 15) is 19.7 Å². The molecule has 7 heteroatoms. The number of nitro groups is 1. The van der Waals surface area contributed by atoms with Gasteiger partial charge in [-0.2, -0.15) is 0 Å². The van der Waals surface area contributed by atoms with Crippen molar-refractivity contribution in [2.24, 2.45) is 0 Å². The van der Waals surface area contributed by atoms with E-state index in [1.165, 1.54) is 23.8 Å². The molecule has 2 rings (SSSR count). The molecule has 0 unspecified atom stereocenters. The van der Waals surface area contributed by atoms with Gasteiger partial charge in [0.1, 0.15) is 0 Å². The molecule has 7 nitrogen and oxygen atoms in total. The number of hydrogen-bond donors (Lipinski definition) is 1. The molecule has 0 radical (unpaired) electrons. The lowest BCUT2D eigenvalue weighted by Gasteiger charge is -2.15. The Morgan fingerprint density at radius 2 is 1.88 bits per heavy atom. The number of nitro benzene ring substituents is 1. The van der Waals surface area contributed by atoms with Gasteiger partial charge in [-0.15, -0.1) is 0 Å². The van der Waals surface area contributed by atoms with Crippen LogP contribution >= 0.6 is 0 Å². The summed E-state index contributed by atoms with van der Waals surface area (Å²) in [6.45, 7) is 3.44. The summed E-state index contributed by atoms with van der Waals surface area (Å²) in [7, 11) is 0. The highest BCUT2D eigenvalue weighted by Crippen LogP contribution is 2.15. The van der Waals surface area contributed by atoms with Crippen LogP contribution in [-0.2, 0) is 16.0 Å². The second kappa shape index (κ2) is 8.75. The van der Waals surface area contributed by atoms with Gasteiger partial charge in [0.25, 0.3) is 11.6 Å². The van der Waals surface area contributed by atoms with Gasteiger partial charge in [0, 0.05) is 12.1 Å². The first kappa shape index (κ1) is 19.1. The maximum absolute atomic E-state index is 12.0. The van der Waals surface area contributed by atoms with E-state index in [1.807, 2.05) is 31.2 Å². The van der Waals surface area contributed by atoms with Crippen LogP contribution in [0.3, 0.4) is 0 Å². The molecule has 1 atom stereocenters. The van der Waals surface area contributed by atoms with E-state index in [0.29, 0.717) is 0 Å². The van der Waals surface area contributed by atoms with Crippen LogP contribution in [0.1, 0.15) is 41.4 Å². The number of hydrogen-bond acceptors (Lipinski definition) is 5. The van der Waals surface area contributed by atoms with Gasteiger partial charge in [0.15, 0.2) is 6.61 Å². The summed E-state index contributed by atoms with van der Waals surface area (Å²) in [4.78, 5) is 34.0. The summed E-state index contributed by atoms with van der Waals surface area (Å²) < 4.78 is 4.92. The normalized spacial score (nSPS) is 11.5. The highest BCUT2D eigenvalue weighted by atomic mass is 16.6. The fourth-order valence-electron chi connectivity index (χ4n) is 2.37. The smallest absolute Gasteiger partial charge is 0.338 e. The lowest BCUT2D eigenvalue weighted by Crippen LogP contribution is -2.31. The number of amides is 1. The van der Waals surface area contributed by atoms with E-state index in [1.54, 1.807) is 0 Å². The first-order valence-corrected chi connectivity index (χ1v) is 8.20. The predicted octanol–water partition coefficient (Wildman–Crippen LogP) is 3.19. The quantitative estimate of drug-likeness (QED) is 0.467. The zero-order chi connectivity index (χ0) is 19.1. The second-order valence-corrected chi connectivity index (χ2v) is 5.77. The number of benzene rings is 2. The third-order valence-corrected chi connectivity index (χ3v) is 3.89. The van der Waals surface area contributed by atoms with Crippen molar-refractivity contribution in [3.05, 3.63) is 75.3 Å². The Kier molecular flexibility index (Phi) is 6.43. The predicted molar refractivity (Wildman–Crippen MR) is 95.8 cm³/mol. The topological polar surface area (TPSA) is 98.5 Å². The van der Waals surface area contributed by atoms with Gasteiger partial charge >= 0.3 is 5.97 Å². The summed E-state index contributed by atoms with van der Waals surface area (Å²) in [5.41, 5.74) is 1.96. The monoisotopic (exact) mass is 356 g/mol. The number of carbonyl (C=O) groups excluding carboxylic acids is 2. The first-order valence-electron chi connectivity index (χ1n) is 8.20. The molecule has 1 amide bonds. The lowest BCUT2D eigenvalue weighted by molar-refractivity contribution is -0.384. The highest BCUT2D eigenvalue weighted by Gasteiger charge is 2.15. The van der Waals surface area contributed by atoms with Crippen LogP contribution in [0.4, 0.5) is 5.69 Å². The molecule has 0 saturated carbocycles. The third kappa shape index (κ3) is 5.14. The zero-order valence-electron chi connectivity index (χ0n) is 14.6. The molecule has 0 saturated heterocycles. The van der Waals surface area contributed by atoms with Gasteiger partial charge in [-0.25, -0.2) is 4.79 Å². The second-order valence-electron chi connectivity index (χ2n) is 5.77. The summed E-state index contributed by atoms with van der Waals surface area (Å²) in [5.74, 6) is -1.24. The van der Waals surface area contributed by atoms with Crippen LogP contribution in [0.15, 0.2) is 48.5 Å². The molecule has 0 bridgehead atoms. The summed E-state index contributed by atoms with van der Waals surface area (Å²) in [6, 6.07) is 12.8. The molecular formula is C19H20N2O5. The minimum Gasteiger partial charge on any atom is -0.452 e. The van der Waals surface area contributed by atoms with Crippen LogP contribution in [-0.4, -0.2) is 23.4 Å². The highest BCUT2D eigenvalue weighted by molar-refractivity contribution is 5.91. The average molecular weight is 356 g/mol. The lowest BCUT2D eigenvalue weighted by atomic mass is 10.1. The molecule has 0 spiro atoms. The van der Waals surface area contributed by atoms with Gasteiger partial charge in [-0.1, -0.05) is 37.3 Å². The van der Waals surface area contributed by atoms with Gasteiger partial charge in [0.05, 0.1) is 16.5 Å². The number of non-ortho nitro benzene ring substituents is 1. The molecule has 0 aliphatic carbocycles. The Balaban J connectivity index is 1.88. The molecule has 0 fully saturated rings. The molecule has 0 aliphatic rings. The maximum Gasteiger partial charge on any atom is 0.338 e. The van der Waals surface area contributed by atoms with Crippen molar-refractivity contribution < 1.29 is 19.2 Å². The SMILES string of the molecule is CCc1ccc([C@@H](C)NC(=O)COC(=O)c2cccc([N+](=O)[O-])c2)cc1. The van der Waals surface area contributed by atoms with Gasteiger partial charge < -0.3 is 10.1 Å². The van der Waals surface area contributed by atoms with E-state index in [-0.39, 0.29) is 17.3 Å². The Hall–Kier alpha value is -3.22. The van der Waals surface area contributed by atoms with E-state index in [2.05, 4.69) is 12.2 Å². The average Bonchev–Trinajstić information content (AvgIpc) is 2.66. The minimum absolute atomic E-state index is 0.0233. The van der Waals surface area contributed by atoms with E-state index < -0.39 is 23.4 Å². The fourth-order valence-corrected chi connectivity index (χ4v) is 2.37.